The lowest BCUT2D eigenvalue weighted by Crippen LogP contribution is -2.28. The molecule has 1 heterocycles. The highest BCUT2D eigenvalue weighted by molar-refractivity contribution is 5.86. The Balaban J connectivity index is 2.68. The van der Waals surface area contributed by atoms with Gasteiger partial charge in [0.1, 0.15) is 6.33 Å². The molecule has 0 fully saturated rings. The number of urea groups is 1. The predicted molar refractivity (Wildman–Crippen MR) is 48.4 cm³/mol. The molecule has 2 amide bonds. The van der Waals surface area contributed by atoms with Crippen LogP contribution in [0.4, 0.5) is 10.7 Å². The van der Waals surface area contributed by atoms with Crippen molar-refractivity contribution in [2.45, 2.75) is 13.5 Å². The Bertz CT molecular complexity index is 293. The van der Waals surface area contributed by atoms with E-state index >= 15 is 0 Å². The first-order valence-corrected chi connectivity index (χ1v) is 4.01. The second-order valence-electron chi connectivity index (χ2n) is 2.77. The van der Waals surface area contributed by atoms with Crippen LogP contribution in [-0.2, 0) is 6.54 Å². The molecule has 0 aromatic carbocycles. The van der Waals surface area contributed by atoms with Crippen molar-refractivity contribution in [1.29, 1.82) is 0 Å². The van der Waals surface area contributed by atoms with E-state index in [9.17, 15) is 4.79 Å². The van der Waals surface area contributed by atoms with E-state index in [2.05, 4.69) is 15.5 Å². The third kappa shape index (κ3) is 2.17. The summed E-state index contributed by atoms with van der Waals surface area (Å²) in [4.78, 5) is 12.7. The van der Waals surface area contributed by atoms with Crippen LogP contribution in [0.3, 0.4) is 0 Å². The molecule has 1 aromatic heterocycles. The molecule has 0 saturated carbocycles. The Morgan fingerprint density at radius 3 is 2.92 bits per heavy atom. The summed E-state index contributed by atoms with van der Waals surface area (Å²) < 4.78 is 1.75. The highest BCUT2D eigenvalue weighted by atomic mass is 16.2. The molecule has 1 aromatic rings. The SMILES string of the molecule is CCn1cnnc1NC(=O)N(C)C. The number of nitrogens with one attached hydrogen (secondary N) is 1. The molecule has 0 bridgehead atoms. The van der Waals surface area contributed by atoms with Gasteiger partial charge in [-0.3, -0.25) is 9.88 Å². The molecule has 1 N–H and O–H groups in total. The number of carbonyl (C=O) groups excluding carboxylic acids is 1. The van der Waals surface area contributed by atoms with Gasteiger partial charge in [0, 0.05) is 20.6 Å². The molecule has 0 radical (unpaired) electrons. The van der Waals surface area contributed by atoms with Crippen LogP contribution in [0.1, 0.15) is 6.92 Å². The minimum atomic E-state index is -0.206. The van der Waals surface area contributed by atoms with Gasteiger partial charge in [-0.2, -0.15) is 0 Å². The van der Waals surface area contributed by atoms with Crippen LogP contribution in [0.5, 0.6) is 0 Å². The van der Waals surface area contributed by atoms with E-state index < -0.39 is 0 Å². The minimum Gasteiger partial charge on any atom is -0.331 e. The fourth-order valence-electron chi connectivity index (χ4n) is 0.791. The zero-order valence-corrected chi connectivity index (χ0v) is 7.98. The molecule has 0 saturated heterocycles. The second-order valence-corrected chi connectivity index (χ2v) is 2.77. The van der Waals surface area contributed by atoms with Crippen molar-refractivity contribution in [1.82, 2.24) is 19.7 Å². The Morgan fingerprint density at radius 2 is 2.38 bits per heavy atom. The molecule has 6 nitrogen and oxygen atoms in total. The molecular weight excluding hydrogens is 170 g/mol. The minimum absolute atomic E-state index is 0.206. The van der Waals surface area contributed by atoms with Crippen LogP contribution >= 0.6 is 0 Å². The summed E-state index contributed by atoms with van der Waals surface area (Å²) in [5.74, 6) is 0.473. The molecule has 6 heteroatoms. The molecular formula is C7H13N5O. The lowest BCUT2D eigenvalue weighted by molar-refractivity contribution is 0.230. The van der Waals surface area contributed by atoms with Crippen LogP contribution < -0.4 is 5.32 Å². The van der Waals surface area contributed by atoms with Gasteiger partial charge in [-0.15, -0.1) is 10.2 Å². The van der Waals surface area contributed by atoms with Gasteiger partial charge in [0.15, 0.2) is 0 Å². The number of hydrogen-bond donors (Lipinski definition) is 1. The maximum Gasteiger partial charge on any atom is 0.323 e. The maximum absolute atomic E-state index is 11.2. The average molecular weight is 183 g/mol. The normalized spacial score (nSPS) is 9.77. The number of rotatable bonds is 2. The Labute approximate surface area is 76.6 Å². The Morgan fingerprint density at radius 1 is 1.69 bits per heavy atom. The number of nitrogens with zero attached hydrogens (tertiary/aromatic N) is 4. The van der Waals surface area contributed by atoms with Crippen LogP contribution in [0.2, 0.25) is 0 Å². The summed E-state index contributed by atoms with van der Waals surface area (Å²) in [6.45, 7) is 2.69. The highest BCUT2D eigenvalue weighted by Crippen LogP contribution is 2.01. The maximum atomic E-state index is 11.2. The third-order valence-electron chi connectivity index (χ3n) is 1.58. The Hall–Kier alpha value is -1.59. The van der Waals surface area contributed by atoms with E-state index in [1.54, 1.807) is 25.0 Å². The number of aryl methyl sites for hydroxylation is 1. The van der Waals surface area contributed by atoms with E-state index in [0.29, 0.717) is 5.95 Å². The van der Waals surface area contributed by atoms with Crippen molar-refractivity contribution in [3.8, 4) is 0 Å². The van der Waals surface area contributed by atoms with Crippen molar-refractivity contribution in [3.63, 3.8) is 0 Å². The lowest BCUT2D eigenvalue weighted by atomic mass is 10.7. The first kappa shape index (κ1) is 9.50. The van der Waals surface area contributed by atoms with Gasteiger partial charge in [-0.1, -0.05) is 0 Å². The van der Waals surface area contributed by atoms with Crippen molar-refractivity contribution in [2.75, 3.05) is 19.4 Å². The smallest absolute Gasteiger partial charge is 0.323 e. The summed E-state index contributed by atoms with van der Waals surface area (Å²) in [5, 5.41) is 10.1. The van der Waals surface area contributed by atoms with E-state index in [0.717, 1.165) is 6.54 Å². The van der Waals surface area contributed by atoms with Gasteiger partial charge < -0.3 is 4.90 Å². The van der Waals surface area contributed by atoms with Gasteiger partial charge >= 0.3 is 6.03 Å². The molecule has 0 aliphatic rings. The summed E-state index contributed by atoms with van der Waals surface area (Å²) in [5.41, 5.74) is 0. The Kier molecular flexibility index (Phi) is 2.84. The van der Waals surface area contributed by atoms with Gasteiger partial charge in [0.2, 0.25) is 5.95 Å². The molecule has 0 aliphatic carbocycles. The summed E-state index contributed by atoms with van der Waals surface area (Å²) in [6.07, 6.45) is 1.57. The van der Waals surface area contributed by atoms with E-state index in [4.69, 9.17) is 0 Å². The number of aromatic nitrogens is 3. The van der Waals surface area contributed by atoms with Gasteiger partial charge in [0.25, 0.3) is 0 Å². The number of anilines is 1. The standard InChI is InChI=1S/C7H13N5O/c1-4-12-5-8-10-6(12)9-7(13)11(2)3/h5H,4H2,1-3H3,(H,9,10,13). The predicted octanol–water partition coefficient (Wildman–Crippen LogP) is 0.391. The first-order valence-electron chi connectivity index (χ1n) is 4.01. The number of hydrogen-bond acceptors (Lipinski definition) is 3. The van der Waals surface area contributed by atoms with Crippen LogP contribution in [-0.4, -0.2) is 39.8 Å². The summed E-state index contributed by atoms with van der Waals surface area (Å²) in [7, 11) is 3.34. The molecule has 0 spiro atoms. The molecule has 0 atom stereocenters. The fourth-order valence-corrected chi connectivity index (χ4v) is 0.791. The van der Waals surface area contributed by atoms with E-state index in [1.807, 2.05) is 6.92 Å². The molecule has 0 aliphatic heterocycles. The van der Waals surface area contributed by atoms with E-state index in [1.165, 1.54) is 4.90 Å². The van der Waals surface area contributed by atoms with Crippen LogP contribution in [0.25, 0.3) is 0 Å². The summed E-state index contributed by atoms with van der Waals surface area (Å²) >= 11 is 0. The number of carbonyl (C=O) groups is 1. The van der Waals surface area contributed by atoms with Crippen molar-refractivity contribution >= 4 is 12.0 Å². The van der Waals surface area contributed by atoms with Crippen molar-refractivity contribution < 1.29 is 4.79 Å². The topological polar surface area (TPSA) is 63.1 Å². The molecule has 1 rings (SSSR count). The third-order valence-corrected chi connectivity index (χ3v) is 1.58. The zero-order chi connectivity index (χ0) is 9.84. The van der Waals surface area contributed by atoms with Crippen molar-refractivity contribution in [3.05, 3.63) is 6.33 Å². The molecule has 0 unspecified atom stereocenters. The van der Waals surface area contributed by atoms with E-state index in [-0.39, 0.29) is 6.03 Å². The van der Waals surface area contributed by atoms with Crippen molar-refractivity contribution in [2.24, 2.45) is 0 Å². The van der Waals surface area contributed by atoms with Crippen LogP contribution in [0, 0.1) is 0 Å². The zero-order valence-electron chi connectivity index (χ0n) is 7.98. The van der Waals surface area contributed by atoms with Gasteiger partial charge in [0.05, 0.1) is 0 Å². The quantitative estimate of drug-likeness (QED) is 0.721. The monoisotopic (exact) mass is 183 g/mol. The summed E-state index contributed by atoms with van der Waals surface area (Å²) in [6, 6.07) is -0.206. The highest BCUT2D eigenvalue weighted by Gasteiger charge is 2.08. The van der Waals surface area contributed by atoms with Crippen LogP contribution in [0.15, 0.2) is 6.33 Å². The average Bonchev–Trinajstić information content (AvgIpc) is 2.51. The molecule has 13 heavy (non-hydrogen) atoms. The largest absolute Gasteiger partial charge is 0.331 e. The first-order chi connectivity index (χ1) is 6.15. The fraction of sp³-hybridized carbons (Fsp3) is 0.571. The lowest BCUT2D eigenvalue weighted by Gasteiger charge is -2.11. The second kappa shape index (κ2) is 3.88. The van der Waals surface area contributed by atoms with Gasteiger partial charge in [-0.05, 0) is 6.92 Å². The number of amides is 2. The van der Waals surface area contributed by atoms with Gasteiger partial charge in [-0.25, -0.2) is 4.79 Å². The molecule has 72 valence electrons.